The second-order valence-corrected chi connectivity index (χ2v) is 5.65. The highest BCUT2D eigenvalue weighted by molar-refractivity contribution is 6.30. The number of esters is 1. The van der Waals surface area contributed by atoms with Crippen molar-refractivity contribution in [2.45, 2.75) is 26.4 Å². The molecule has 0 aliphatic heterocycles. The van der Waals surface area contributed by atoms with Gasteiger partial charge in [-0.3, -0.25) is 4.79 Å². The van der Waals surface area contributed by atoms with E-state index in [1.807, 2.05) is 12.1 Å². The van der Waals surface area contributed by atoms with Gasteiger partial charge in [-0.1, -0.05) is 16.8 Å². The summed E-state index contributed by atoms with van der Waals surface area (Å²) in [6, 6.07) is 8.98. The van der Waals surface area contributed by atoms with Crippen LogP contribution in [0.3, 0.4) is 0 Å². The van der Waals surface area contributed by atoms with Gasteiger partial charge in [0.15, 0.2) is 11.7 Å². The maximum atomic E-state index is 11.7. The molecule has 0 spiro atoms. The minimum absolute atomic E-state index is 0.0950. The number of hydrogen-bond donors (Lipinski definition) is 0. The van der Waals surface area contributed by atoms with Gasteiger partial charge in [0.2, 0.25) is 0 Å². The fourth-order valence-electron chi connectivity index (χ4n) is 2.10. The Morgan fingerprint density at radius 1 is 1.29 bits per heavy atom. The predicted octanol–water partition coefficient (Wildman–Crippen LogP) is 3.97. The first kappa shape index (κ1) is 16.3. The molecule has 0 bridgehead atoms. The van der Waals surface area contributed by atoms with E-state index < -0.39 is 0 Å². The minimum Gasteiger partial charge on any atom is -0.459 e. The van der Waals surface area contributed by atoms with Gasteiger partial charge in [-0.25, -0.2) is 4.98 Å². The van der Waals surface area contributed by atoms with E-state index in [1.165, 1.54) is 0 Å². The van der Waals surface area contributed by atoms with E-state index in [9.17, 15) is 4.79 Å². The molecule has 1 aromatic carbocycles. The van der Waals surface area contributed by atoms with E-state index in [4.69, 9.17) is 25.3 Å². The third-order valence-corrected chi connectivity index (χ3v) is 3.54. The van der Waals surface area contributed by atoms with Gasteiger partial charge in [0.25, 0.3) is 0 Å². The van der Waals surface area contributed by atoms with Crippen LogP contribution < -0.4 is 0 Å². The molecule has 0 atom stereocenters. The fraction of sp³-hybridized carbons (Fsp3) is 0.235. The van der Waals surface area contributed by atoms with Crippen molar-refractivity contribution in [1.29, 1.82) is 0 Å². The van der Waals surface area contributed by atoms with Gasteiger partial charge < -0.3 is 13.7 Å². The third kappa shape index (κ3) is 4.23. The van der Waals surface area contributed by atoms with Crippen LogP contribution in [-0.4, -0.2) is 16.1 Å². The van der Waals surface area contributed by atoms with Gasteiger partial charge in [0, 0.05) is 23.1 Å². The van der Waals surface area contributed by atoms with E-state index in [-0.39, 0.29) is 19.0 Å². The molecule has 2 heterocycles. The topological polar surface area (TPSA) is 78.4 Å². The monoisotopic (exact) mass is 346 g/mol. The van der Waals surface area contributed by atoms with E-state index in [0.29, 0.717) is 34.5 Å². The molecule has 0 unspecified atom stereocenters. The van der Waals surface area contributed by atoms with Crippen LogP contribution in [0.1, 0.15) is 23.8 Å². The lowest BCUT2D eigenvalue weighted by Gasteiger charge is -2.01. The zero-order valence-electron chi connectivity index (χ0n) is 13.0. The molecule has 0 amide bonds. The number of carbonyl (C=O) groups excluding carboxylic acids is 1. The number of aromatic nitrogens is 2. The second kappa shape index (κ2) is 7.31. The standard InChI is InChI=1S/C17H15ClN2O4/c1-11-8-14(20-24-11)10-22-17(21)7-6-16-19-9-15(23-16)12-2-4-13(18)5-3-12/h2-5,8-9H,6-7,10H2,1H3. The van der Waals surface area contributed by atoms with Crippen molar-refractivity contribution >= 4 is 17.6 Å². The Kier molecular flexibility index (Phi) is 4.96. The lowest BCUT2D eigenvalue weighted by molar-refractivity contribution is -0.145. The average molecular weight is 347 g/mol. The molecule has 2 aromatic heterocycles. The molecular formula is C17H15ClN2O4. The van der Waals surface area contributed by atoms with Crippen LogP contribution in [0.2, 0.25) is 5.02 Å². The van der Waals surface area contributed by atoms with E-state index in [0.717, 1.165) is 5.56 Å². The van der Waals surface area contributed by atoms with Crippen LogP contribution in [0.15, 0.2) is 45.5 Å². The van der Waals surface area contributed by atoms with Crippen LogP contribution >= 0.6 is 11.6 Å². The van der Waals surface area contributed by atoms with Crippen molar-refractivity contribution in [3.63, 3.8) is 0 Å². The summed E-state index contributed by atoms with van der Waals surface area (Å²) in [7, 11) is 0. The summed E-state index contributed by atoms with van der Waals surface area (Å²) in [4.78, 5) is 15.9. The number of benzene rings is 1. The van der Waals surface area contributed by atoms with Gasteiger partial charge in [-0.15, -0.1) is 0 Å². The van der Waals surface area contributed by atoms with Crippen molar-refractivity contribution < 1.29 is 18.5 Å². The van der Waals surface area contributed by atoms with E-state index >= 15 is 0 Å². The first-order chi connectivity index (χ1) is 11.6. The Morgan fingerprint density at radius 2 is 2.08 bits per heavy atom. The van der Waals surface area contributed by atoms with E-state index in [1.54, 1.807) is 31.3 Å². The van der Waals surface area contributed by atoms with Gasteiger partial charge >= 0.3 is 5.97 Å². The minimum atomic E-state index is -0.345. The van der Waals surface area contributed by atoms with Crippen molar-refractivity contribution in [1.82, 2.24) is 10.1 Å². The molecule has 7 heteroatoms. The third-order valence-electron chi connectivity index (χ3n) is 3.28. The summed E-state index contributed by atoms with van der Waals surface area (Å²) >= 11 is 5.86. The fourth-order valence-corrected chi connectivity index (χ4v) is 2.22. The Morgan fingerprint density at radius 3 is 2.79 bits per heavy atom. The molecule has 0 saturated carbocycles. The molecular weight excluding hydrogens is 332 g/mol. The van der Waals surface area contributed by atoms with Crippen molar-refractivity contribution in [3.05, 3.63) is 58.9 Å². The molecule has 3 rings (SSSR count). The molecule has 6 nitrogen and oxygen atoms in total. The molecule has 0 aliphatic carbocycles. The predicted molar refractivity (Wildman–Crippen MR) is 86.3 cm³/mol. The lowest BCUT2D eigenvalue weighted by atomic mass is 10.2. The molecule has 0 saturated heterocycles. The number of hydrogen-bond acceptors (Lipinski definition) is 6. The molecule has 3 aromatic rings. The highest BCUT2D eigenvalue weighted by Gasteiger charge is 2.11. The largest absolute Gasteiger partial charge is 0.459 e. The molecule has 24 heavy (non-hydrogen) atoms. The van der Waals surface area contributed by atoms with Crippen LogP contribution in [0.5, 0.6) is 0 Å². The maximum Gasteiger partial charge on any atom is 0.306 e. The van der Waals surface area contributed by atoms with Gasteiger partial charge in [0.1, 0.15) is 18.1 Å². The number of oxazole rings is 1. The van der Waals surface area contributed by atoms with Crippen LogP contribution in [0, 0.1) is 6.92 Å². The Balaban J connectivity index is 1.49. The van der Waals surface area contributed by atoms with E-state index in [2.05, 4.69) is 10.1 Å². The quantitative estimate of drug-likeness (QED) is 0.628. The smallest absolute Gasteiger partial charge is 0.306 e. The number of carbonyl (C=O) groups is 1. The summed E-state index contributed by atoms with van der Waals surface area (Å²) in [6.07, 6.45) is 2.17. The first-order valence-corrected chi connectivity index (χ1v) is 7.76. The number of rotatable bonds is 6. The Hall–Kier alpha value is -2.60. The summed E-state index contributed by atoms with van der Waals surface area (Å²) in [5.41, 5.74) is 1.46. The Bertz CT molecular complexity index is 823. The molecule has 124 valence electrons. The number of nitrogens with zero attached hydrogens (tertiary/aromatic N) is 2. The van der Waals surface area contributed by atoms with Gasteiger partial charge in [-0.05, 0) is 31.2 Å². The SMILES string of the molecule is Cc1cc(COC(=O)CCc2ncc(-c3ccc(Cl)cc3)o2)no1. The average Bonchev–Trinajstić information content (AvgIpc) is 3.21. The number of halogens is 1. The van der Waals surface area contributed by atoms with Crippen LogP contribution in [0.25, 0.3) is 11.3 Å². The van der Waals surface area contributed by atoms with Crippen LogP contribution in [0.4, 0.5) is 0 Å². The van der Waals surface area contributed by atoms with Gasteiger partial charge in [0.05, 0.1) is 12.6 Å². The highest BCUT2D eigenvalue weighted by Crippen LogP contribution is 2.22. The normalized spacial score (nSPS) is 10.8. The summed E-state index contributed by atoms with van der Waals surface area (Å²) in [5, 5.41) is 4.41. The van der Waals surface area contributed by atoms with Crippen molar-refractivity contribution in [2.75, 3.05) is 0 Å². The van der Waals surface area contributed by atoms with Gasteiger partial charge in [-0.2, -0.15) is 0 Å². The summed E-state index contributed by atoms with van der Waals surface area (Å²) in [5.74, 6) is 1.44. The Labute approximate surface area is 143 Å². The molecule has 0 aliphatic rings. The molecule has 0 fully saturated rings. The zero-order valence-corrected chi connectivity index (χ0v) is 13.7. The molecule has 0 N–H and O–H groups in total. The number of aryl methyl sites for hydroxylation is 2. The molecule has 0 radical (unpaired) electrons. The second-order valence-electron chi connectivity index (χ2n) is 5.21. The summed E-state index contributed by atoms with van der Waals surface area (Å²) in [6.45, 7) is 1.87. The number of ether oxygens (including phenoxy) is 1. The summed E-state index contributed by atoms with van der Waals surface area (Å²) < 4.78 is 15.7. The van der Waals surface area contributed by atoms with Crippen molar-refractivity contribution in [2.24, 2.45) is 0 Å². The lowest BCUT2D eigenvalue weighted by Crippen LogP contribution is -2.06. The first-order valence-electron chi connectivity index (χ1n) is 7.38. The van der Waals surface area contributed by atoms with Crippen LogP contribution in [-0.2, 0) is 22.6 Å². The highest BCUT2D eigenvalue weighted by atomic mass is 35.5. The van der Waals surface area contributed by atoms with Crippen molar-refractivity contribution in [3.8, 4) is 11.3 Å². The zero-order chi connectivity index (χ0) is 16.9. The maximum absolute atomic E-state index is 11.7.